The Hall–Kier alpha value is -1.22. The minimum Gasteiger partial charge on any atom is -0.399 e. The molecule has 0 saturated carbocycles. The van der Waals surface area contributed by atoms with Crippen LogP contribution in [-0.2, 0) is 4.74 Å². The van der Waals surface area contributed by atoms with Crippen molar-refractivity contribution in [2.75, 3.05) is 24.3 Å². The lowest BCUT2D eigenvalue weighted by Crippen LogP contribution is -2.40. The van der Waals surface area contributed by atoms with E-state index in [-0.39, 0.29) is 5.54 Å². The fraction of sp³-hybridized carbons (Fsp3) is 0.538. The number of anilines is 2. The molecular formula is C13H20N2O. The molecule has 1 aromatic carbocycles. The number of benzene rings is 1. The summed E-state index contributed by atoms with van der Waals surface area (Å²) in [4.78, 5) is 0. The smallest absolute Gasteiger partial charge is 0.0488 e. The van der Waals surface area contributed by atoms with E-state index in [4.69, 9.17) is 10.5 Å². The topological polar surface area (TPSA) is 47.3 Å². The van der Waals surface area contributed by atoms with Gasteiger partial charge >= 0.3 is 0 Å². The van der Waals surface area contributed by atoms with Crippen molar-refractivity contribution in [2.45, 2.75) is 32.2 Å². The fourth-order valence-electron chi connectivity index (χ4n) is 2.10. The maximum absolute atomic E-state index is 5.75. The van der Waals surface area contributed by atoms with Gasteiger partial charge in [-0.3, -0.25) is 0 Å². The molecule has 0 unspecified atom stereocenters. The minimum absolute atomic E-state index is 0.152. The van der Waals surface area contributed by atoms with Gasteiger partial charge in [0.1, 0.15) is 0 Å². The molecule has 1 heterocycles. The summed E-state index contributed by atoms with van der Waals surface area (Å²) in [5.74, 6) is 0. The third-order valence-electron chi connectivity index (χ3n) is 3.28. The van der Waals surface area contributed by atoms with Gasteiger partial charge in [-0.15, -0.1) is 0 Å². The molecule has 0 atom stereocenters. The lowest BCUT2D eigenvalue weighted by atomic mass is 9.92. The van der Waals surface area contributed by atoms with E-state index in [2.05, 4.69) is 25.2 Å². The first kappa shape index (κ1) is 11.3. The molecule has 0 spiro atoms. The summed E-state index contributed by atoms with van der Waals surface area (Å²) >= 11 is 0. The molecule has 3 heteroatoms. The molecule has 1 saturated heterocycles. The van der Waals surface area contributed by atoms with Gasteiger partial charge in [0.2, 0.25) is 0 Å². The van der Waals surface area contributed by atoms with Gasteiger partial charge in [-0.2, -0.15) is 0 Å². The SMILES string of the molecule is Cc1cc(N)ccc1NC1(C)CCOCC1. The highest BCUT2D eigenvalue weighted by Gasteiger charge is 2.27. The summed E-state index contributed by atoms with van der Waals surface area (Å²) in [5.41, 5.74) is 9.10. The van der Waals surface area contributed by atoms with Crippen LogP contribution in [0.1, 0.15) is 25.3 Å². The summed E-state index contributed by atoms with van der Waals surface area (Å²) in [6, 6.07) is 6.01. The van der Waals surface area contributed by atoms with Gasteiger partial charge in [-0.25, -0.2) is 0 Å². The molecule has 2 rings (SSSR count). The first-order valence-corrected chi connectivity index (χ1v) is 5.81. The molecule has 1 aromatic rings. The van der Waals surface area contributed by atoms with Gasteiger partial charge in [-0.05, 0) is 50.5 Å². The number of aryl methyl sites for hydroxylation is 1. The molecule has 0 aromatic heterocycles. The Morgan fingerprint density at radius 3 is 2.62 bits per heavy atom. The van der Waals surface area contributed by atoms with Gasteiger partial charge in [0.25, 0.3) is 0 Å². The summed E-state index contributed by atoms with van der Waals surface area (Å²) in [6.07, 6.45) is 2.10. The van der Waals surface area contributed by atoms with E-state index in [1.165, 1.54) is 11.3 Å². The second-order valence-corrected chi connectivity index (χ2v) is 4.87. The molecule has 0 radical (unpaired) electrons. The van der Waals surface area contributed by atoms with Crippen LogP contribution in [0, 0.1) is 6.92 Å². The molecule has 0 amide bonds. The van der Waals surface area contributed by atoms with Crippen LogP contribution in [0.15, 0.2) is 18.2 Å². The Morgan fingerprint density at radius 2 is 2.00 bits per heavy atom. The lowest BCUT2D eigenvalue weighted by Gasteiger charge is -2.36. The first-order chi connectivity index (χ1) is 7.59. The van der Waals surface area contributed by atoms with Crippen molar-refractivity contribution in [3.8, 4) is 0 Å². The highest BCUT2D eigenvalue weighted by molar-refractivity contribution is 5.58. The summed E-state index contributed by atoms with van der Waals surface area (Å²) in [7, 11) is 0. The number of hydrogen-bond acceptors (Lipinski definition) is 3. The summed E-state index contributed by atoms with van der Waals surface area (Å²) in [6.45, 7) is 6.03. The molecular weight excluding hydrogens is 200 g/mol. The van der Waals surface area contributed by atoms with E-state index in [1.807, 2.05) is 12.1 Å². The molecule has 1 aliphatic rings. The Morgan fingerprint density at radius 1 is 1.31 bits per heavy atom. The fourth-order valence-corrected chi connectivity index (χ4v) is 2.10. The van der Waals surface area contributed by atoms with Gasteiger partial charge in [0.05, 0.1) is 0 Å². The molecule has 1 fully saturated rings. The monoisotopic (exact) mass is 220 g/mol. The minimum atomic E-state index is 0.152. The van der Waals surface area contributed by atoms with Gasteiger partial charge in [-0.1, -0.05) is 0 Å². The standard InChI is InChI=1S/C13H20N2O/c1-10-9-11(14)3-4-12(10)15-13(2)5-7-16-8-6-13/h3-4,9,15H,5-8,14H2,1-2H3. The molecule has 16 heavy (non-hydrogen) atoms. The van der Waals surface area contributed by atoms with E-state index < -0.39 is 0 Å². The maximum Gasteiger partial charge on any atom is 0.0488 e. The van der Waals surface area contributed by atoms with Crippen LogP contribution in [0.2, 0.25) is 0 Å². The summed E-state index contributed by atoms with van der Waals surface area (Å²) < 4.78 is 5.39. The van der Waals surface area contributed by atoms with Crippen LogP contribution in [0.3, 0.4) is 0 Å². The molecule has 0 bridgehead atoms. The van der Waals surface area contributed by atoms with Crippen molar-refractivity contribution in [3.63, 3.8) is 0 Å². The van der Waals surface area contributed by atoms with Crippen molar-refractivity contribution in [1.29, 1.82) is 0 Å². The van der Waals surface area contributed by atoms with E-state index >= 15 is 0 Å². The average molecular weight is 220 g/mol. The zero-order valence-electron chi connectivity index (χ0n) is 10.0. The Labute approximate surface area is 97.0 Å². The molecule has 1 aliphatic heterocycles. The lowest BCUT2D eigenvalue weighted by molar-refractivity contribution is 0.0658. The zero-order valence-corrected chi connectivity index (χ0v) is 10.0. The first-order valence-electron chi connectivity index (χ1n) is 5.81. The van der Waals surface area contributed by atoms with Crippen molar-refractivity contribution in [2.24, 2.45) is 0 Å². The third kappa shape index (κ3) is 2.47. The predicted octanol–water partition coefficient (Wildman–Crippen LogP) is 2.56. The van der Waals surface area contributed by atoms with Crippen LogP contribution < -0.4 is 11.1 Å². The number of ether oxygens (including phenoxy) is 1. The average Bonchev–Trinajstić information content (AvgIpc) is 2.23. The van der Waals surface area contributed by atoms with E-state index in [0.29, 0.717) is 0 Å². The van der Waals surface area contributed by atoms with Crippen LogP contribution in [-0.4, -0.2) is 18.8 Å². The highest BCUT2D eigenvalue weighted by Crippen LogP contribution is 2.27. The predicted molar refractivity (Wildman–Crippen MR) is 67.7 cm³/mol. The van der Waals surface area contributed by atoms with Crippen LogP contribution in [0.25, 0.3) is 0 Å². The maximum atomic E-state index is 5.75. The van der Waals surface area contributed by atoms with E-state index in [1.54, 1.807) is 0 Å². The number of nitrogens with two attached hydrogens (primary N) is 1. The van der Waals surface area contributed by atoms with Gasteiger partial charge < -0.3 is 15.8 Å². The number of nitrogens with one attached hydrogen (secondary N) is 1. The van der Waals surface area contributed by atoms with Crippen molar-refractivity contribution >= 4 is 11.4 Å². The highest BCUT2D eigenvalue weighted by atomic mass is 16.5. The number of rotatable bonds is 2. The normalized spacial score (nSPS) is 19.4. The second-order valence-electron chi connectivity index (χ2n) is 4.87. The summed E-state index contributed by atoms with van der Waals surface area (Å²) in [5, 5.41) is 3.62. The van der Waals surface area contributed by atoms with Crippen LogP contribution in [0.4, 0.5) is 11.4 Å². The molecule has 3 N–H and O–H groups in total. The zero-order chi connectivity index (χ0) is 11.6. The van der Waals surface area contributed by atoms with Crippen molar-refractivity contribution < 1.29 is 4.74 Å². The quantitative estimate of drug-likeness (QED) is 0.753. The van der Waals surface area contributed by atoms with E-state index in [0.717, 1.165) is 31.7 Å². The van der Waals surface area contributed by atoms with Gasteiger partial charge in [0.15, 0.2) is 0 Å². The van der Waals surface area contributed by atoms with Crippen LogP contribution >= 0.6 is 0 Å². The van der Waals surface area contributed by atoms with Gasteiger partial charge in [0, 0.05) is 30.1 Å². The Kier molecular flexibility index (Phi) is 3.06. The van der Waals surface area contributed by atoms with Crippen LogP contribution in [0.5, 0.6) is 0 Å². The third-order valence-corrected chi connectivity index (χ3v) is 3.28. The largest absolute Gasteiger partial charge is 0.399 e. The van der Waals surface area contributed by atoms with Crippen molar-refractivity contribution in [1.82, 2.24) is 0 Å². The Balaban J connectivity index is 2.13. The molecule has 88 valence electrons. The van der Waals surface area contributed by atoms with E-state index in [9.17, 15) is 0 Å². The molecule has 0 aliphatic carbocycles. The number of nitrogen functional groups attached to an aromatic ring is 1. The Bertz CT molecular complexity index is 370. The van der Waals surface area contributed by atoms with Crippen molar-refractivity contribution in [3.05, 3.63) is 23.8 Å². The second kappa shape index (κ2) is 4.34. The number of hydrogen-bond donors (Lipinski definition) is 2. The molecule has 3 nitrogen and oxygen atoms in total.